The number of carbonyl (C=O) groups is 1. The Bertz CT molecular complexity index is 1090. The molecule has 1 aromatic heterocycles. The number of pyridine rings is 1. The van der Waals surface area contributed by atoms with Gasteiger partial charge in [-0.1, -0.05) is 41.4 Å². The third-order valence-electron chi connectivity index (χ3n) is 4.33. The second-order valence-corrected chi connectivity index (χ2v) is 7.17. The summed E-state index contributed by atoms with van der Waals surface area (Å²) in [6.45, 7) is 2.00. The highest BCUT2D eigenvalue weighted by atomic mass is 35.5. The Kier molecular flexibility index (Phi) is 4.68. The molecule has 0 radical (unpaired) electrons. The van der Waals surface area contributed by atoms with Crippen molar-refractivity contribution in [1.82, 2.24) is 4.98 Å². The molecule has 2 aromatic carbocycles. The van der Waals surface area contributed by atoms with Crippen molar-refractivity contribution >= 4 is 46.3 Å². The SMILES string of the molecule is Cc1cnc2c(c1)CC(c1cc(NC(=O)c3ccccc3Cl)ccc1Cl)=N2. The normalized spacial score (nSPS) is 12.5. The van der Waals surface area contributed by atoms with Gasteiger partial charge in [-0.05, 0) is 42.8 Å². The van der Waals surface area contributed by atoms with Crippen LogP contribution in [0, 0.1) is 6.92 Å². The number of aromatic nitrogens is 1. The smallest absolute Gasteiger partial charge is 0.257 e. The van der Waals surface area contributed by atoms with E-state index < -0.39 is 0 Å². The van der Waals surface area contributed by atoms with Gasteiger partial charge in [0.2, 0.25) is 0 Å². The van der Waals surface area contributed by atoms with Gasteiger partial charge in [0.25, 0.3) is 5.91 Å². The summed E-state index contributed by atoms with van der Waals surface area (Å²) >= 11 is 12.5. The Morgan fingerprint density at radius 3 is 2.70 bits per heavy atom. The van der Waals surface area contributed by atoms with Gasteiger partial charge in [-0.3, -0.25) is 4.79 Å². The van der Waals surface area contributed by atoms with Crippen LogP contribution in [0.25, 0.3) is 0 Å². The molecule has 0 unspecified atom stereocenters. The van der Waals surface area contributed by atoms with E-state index in [1.807, 2.05) is 13.0 Å². The number of aryl methyl sites for hydroxylation is 1. The molecule has 0 atom stereocenters. The lowest BCUT2D eigenvalue weighted by atomic mass is 10.0. The average Bonchev–Trinajstić information content (AvgIpc) is 3.06. The predicted octanol–water partition coefficient (Wildman–Crippen LogP) is 5.63. The van der Waals surface area contributed by atoms with Crippen LogP contribution in [-0.2, 0) is 6.42 Å². The number of nitrogens with zero attached hydrogens (tertiary/aromatic N) is 2. The Balaban J connectivity index is 1.62. The lowest BCUT2D eigenvalue weighted by Crippen LogP contribution is -2.13. The van der Waals surface area contributed by atoms with Crippen molar-refractivity contribution in [1.29, 1.82) is 0 Å². The number of fused-ring (bicyclic) bond motifs is 1. The second-order valence-electron chi connectivity index (χ2n) is 6.36. The summed E-state index contributed by atoms with van der Waals surface area (Å²) in [6.07, 6.45) is 2.46. The lowest BCUT2D eigenvalue weighted by Gasteiger charge is -2.10. The van der Waals surface area contributed by atoms with Crippen molar-refractivity contribution in [2.45, 2.75) is 13.3 Å². The molecule has 0 fully saturated rings. The molecule has 0 saturated carbocycles. The number of hydrogen-bond acceptors (Lipinski definition) is 3. The maximum absolute atomic E-state index is 12.5. The second kappa shape index (κ2) is 7.14. The minimum atomic E-state index is -0.275. The fourth-order valence-corrected chi connectivity index (χ4v) is 3.47. The topological polar surface area (TPSA) is 54.4 Å². The number of rotatable bonds is 3. The van der Waals surface area contributed by atoms with Crippen LogP contribution >= 0.6 is 23.2 Å². The van der Waals surface area contributed by atoms with E-state index in [9.17, 15) is 4.79 Å². The highest BCUT2D eigenvalue weighted by Crippen LogP contribution is 2.31. The van der Waals surface area contributed by atoms with Crippen molar-refractivity contribution in [2.24, 2.45) is 4.99 Å². The summed E-state index contributed by atoms with van der Waals surface area (Å²) in [6, 6.07) is 14.3. The average molecular weight is 396 g/mol. The third kappa shape index (κ3) is 3.59. The highest BCUT2D eigenvalue weighted by molar-refractivity contribution is 6.35. The van der Waals surface area contributed by atoms with Crippen LogP contribution in [0.3, 0.4) is 0 Å². The van der Waals surface area contributed by atoms with Gasteiger partial charge in [0.1, 0.15) is 0 Å². The van der Waals surface area contributed by atoms with Gasteiger partial charge < -0.3 is 5.32 Å². The van der Waals surface area contributed by atoms with Gasteiger partial charge in [0, 0.05) is 34.5 Å². The van der Waals surface area contributed by atoms with Gasteiger partial charge in [0.05, 0.1) is 16.3 Å². The van der Waals surface area contributed by atoms with Crippen molar-refractivity contribution < 1.29 is 4.79 Å². The van der Waals surface area contributed by atoms with E-state index >= 15 is 0 Å². The van der Waals surface area contributed by atoms with Gasteiger partial charge >= 0.3 is 0 Å². The van der Waals surface area contributed by atoms with E-state index in [1.54, 1.807) is 42.6 Å². The molecule has 134 valence electrons. The van der Waals surface area contributed by atoms with E-state index in [4.69, 9.17) is 23.2 Å². The van der Waals surface area contributed by atoms with E-state index in [-0.39, 0.29) is 5.91 Å². The van der Waals surface area contributed by atoms with Crippen LogP contribution in [0.15, 0.2) is 59.7 Å². The molecule has 6 heteroatoms. The first-order valence-corrected chi connectivity index (χ1v) is 9.16. The summed E-state index contributed by atoms with van der Waals surface area (Å²) in [7, 11) is 0. The minimum absolute atomic E-state index is 0.275. The van der Waals surface area contributed by atoms with Gasteiger partial charge in [-0.2, -0.15) is 0 Å². The summed E-state index contributed by atoms with van der Waals surface area (Å²) in [5.41, 5.74) is 4.83. The molecule has 27 heavy (non-hydrogen) atoms. The molecule has 4 nitrogen and oxygen atoms in total. The number of halogens is 2. The Morgan fingerprint density at radius 1 is 1.07 bits per heavy atom. The summed E-state index contributed by atoms with van der Waals surface area (Å²) in [4.78, 5) is 21.5. The van der Waals surface area contributed by atoms with E-state index in [0.29, 0.717) is 27.7 Å². The summed E-state index contributed by atoms with van der Waals surface area (Å²) < 4.78 is 0. The van der Waals surface area contributed by atoms with Crippen LogP contribution in [0.5, 0.6) is 0 Å². The lowest BCUT2D eigenvalue weighted by molar-refractivity contribution is 0.102. The molecule has 1 amide bonds. The molecule has 0 bridgehead atoms. The van der Waals surface area contributed by atoms with Crippen LogP contribution in [-0.4, -0.2) is 16.6 Å². The van der Waals surface area contributed by atoms with Crippen LogP contribution in [0.1, 0.15) is 27.0 Å². The van der Waals surface area contributed by atoms with E-state index in [0.717, 1.165) is 28.2 Å². The maximum atomic E-state index is 12.5. The Hall–Kier alpha value is -2.69. The number of benzene rings is 2. The molecule has 0 saturated heterocycles. The summed E-state index contributed by atoms with van der Waals surface area (Å²) in [5, 5.41) is 3.85. The largest absolute Gasteiger partial charge is 0.322 e. The molecular formula is C21H15Cl2N3O. The molecule has 1 aliphatic heterocycles. The van der Waals surface area contributed by atoms with E-state index in [1.165, 1.54) is 0 Å². The molecule has 0 aliphatic carbocycles. The number of nitrogens with one attached hydrogen (secondary N) is 1. The van der Waals surface area contributed by atoms with Crippen LogP contribution in [0.4, 0.5) is 11.5 Å². The van der Waals surface area contributed by atoms with E-state index in [2.05, 4.69) is 21.4 Å². The van der Waals surface area contributed by atoms with Crippen molar-refractivity contribution in [3.8, 4) is 0 Å². The van der Waals surface area contributed by atoms with Gasteiger partial charge in [-0.15, -0.1) is 0 Å². The Labute approximate surface area is 166 Å². The first-order valence-electron chi connectivity index (χ1n) is 8.40. The molecule has 1 aliphatic rings. The number of amides is 1. The minimum Gasteiger partial charge on any atom is -0.322 e. The zero-order valence-electron chi connectivity index (χ0n) is 14.5. The monoisotopic (exact) mass is 395 g/mol. The van der Waals surface area contributed by atoms with Crippen molar-refractivity contribution in [3.63, 3.8) is 0 Å². The fourth-order valence-electron chi connectivity index (χ4n) is 3.02. The first-order chi connectivity index (χ1) is 13.0. The predicted molar refractivity (Wildman–Crippen MR) is 110 cm³/mol. The molecule has 0 spiro atoms. The molecular weight excluding hydrogens is 381 g/mol. The molecule has 4 rings (SSSR count). The summed E-state index contributed by atoms with van der Waals surface area (Å²) in [5.74, 6) is 0.444. The molecule has 3 aromatic rings. The van der Waals surface area contributed by atoms with Gasteiger partial charge in [-0.25, -0.2) is 9.98 Å². The Morgan fingerprint density at radius 2 is 1.89 bits per heavy atom. The van der Waals surface area contributed by atoms with Crippen LogP contribution < -0.4 is 5.32 Å². The van der Waals surface area contributed by atoms with Gasteiger partial charge in [0.15, 0.2) is 5.82 Å². The zero-order valence-corrected chi connectivity index (χ0v) is 16.0. The first kappa shape index (κ1) is 17.7. The zero-order chi connectivity index (χ0) is 19.0. The number of aliphatic imine (C=N–C) groups is 1. The highest BCUT2D eigenvalue weighted by Gasteiger charge is 2.20. The maximum Gasteiger partial charge on any atom is 0.257 e. The number of anilines is 1. The molecule has 2 heterocycles. The third-order valence-corrected chi connectivity index (χ3v) is 4.99. The number of hydrogen-bond donors (Lipinski definition) is 1. The standard InChI is InChI=1S/C21H15Cl2N3O/c1-12-8-13-9-19(26-20(13)24-11-12)16-10-14(6-7-18(16)23)25-21(27)15-4-2-3-5-17(15)22/h2-8,10-11H,9H2,1H3,(H,25,27). The van der Waals surface area contributed by atoms with Crippen molar-refractivity contribution in [2.75, 3.05) is 5.32 Å². The van der Waals surface area contributed by atoms with Crippen molar-refractivity contribution in [3.05, 3.63) is 87.0 Å². The fraction of sp³-hybridized carbons (Fsp3) is 0.0952. The van der Waals surface area contributed by atoms with Crippen LogP contribution in [0.2, 0.25) is 10.0 Å². The number of carbonyl (C=O) groups excluding carboxylic acids is 1. The molecule has 1 N–H and O–H groups in total. The quantitative estimate of drug-likeness (QED) is 0.624.